The van der Waals surface area contributed by atoms with Crippen LogP contribution in [0, 0.1) is 0 Å². The van der Waals surface area contributed by atoms with E-state index in [4.69, 9.17) is 9.31 Å². The highest BCUT2D eigenvalue weighted by Crippen LogP contribution is 2.36. The lowest BCUT2D eigenvalue weighted by Gasteiger charge is -2.26. The van der Waals surface area contributed by atoms with Crippen LogP contribution in [-0.4, -0.2) is 21.3 Å². The molecule has 5 aromatic carbocycles. The Labute approximate surface area is 213 Å². The first-order valence-electron chi connectivity index (χ1n) is 12.0. The monoisotopic (exact) mass is 469 g/mol. The minimum atomic E-state index is -0.386. The summed E-state index contributed by atoms with van der Waals surface area (Å²) < 4.78 is 10.9. The minimum absolute atomic E-state index is 0.386. The van der Waals surface area contributed by atoms with Crippen LogP contribution in [0.1, 0.15) is 0 Å². The molecule has 0 aliphatic carbocycles. The molecule has 0 N–H and O–H groups in total. The van der Waals surface area contributed by atoms with Crippen molar-refractivity contribution in [3.63, 3.8) is 0 Å². The van der Waals surface area contributed by atoms with Crippen LogP contribution in [0.5, 0.6) is 0 Å². The topological polar surface area (TPSA) is 21.7 Å². The summed E-state index contributed by atoms with van der Waals surface area (Å²) in [5, 5.41) is 0. The number of hydrogen-bond donors (Lipinski definition) is 0. The number of benzene rings is 5. The number of anilines is 3. The fraction of sp³-hybridized carbons (Fsp3) is 0.0625. The lowest BCUT2D eigenvalue weighted by atomic mass is 9.79. The number of hydrogen-bond acceptors (Lipinski definition) is 3. The Bertz CT molecular complexity index is 1280. The molecular formula is C32H28BNO2. The summed E-state index contributed by atoms with van der Waals surface area (Å²) in [6, 6.07) is 46.6. The van der Waals surface area contributed by atoms with Crippen molar-refractivity contribution < 1.29 is 9.31 Å². The van der Waals surface area contributed by atoms with Gasteiger partial charge in [-0.3, -0.25) is 0 Å². The Morgan fingerprint density at radius 3 is 1.11 bits per heavy atom. The molecule has 0 saturated heterocycles. The molecular weight excluding hydrogens is 441 g/mol. The van der Waals surface area contributed by atoms with Gasteiger partial charge in [0.05, 0.1) is 0 Å². The average Bonchev–Trinajstić information content (AvgIpc) is 2.96. The highest BCUT2D eigenvalue weighted by Gasteiger charge is 2.19. The molecule has 0 aromatic heterocycles. The van der Waals surface area contributed by atoms with Crippen molar-refractivity contribution in [3.8, 4) is 22.3 Å². The third-order valence-electron chi connectivity index (χ3n) is 6.32. The Kier molecular flexibility index (Phi) is 7.27. The third-order valence-corrected chi connectivity index (χ3v) is 6.32. The van der Waals surface area contributed by atoms with Crippen molar-refractivity contribution in [2.24, 2.45) is 0 Å². The second-order valence-electron chi connectivity index (χ2n) is 8.56. The molecule has 0 fully saturated rings. The molecule has 0 aliphatic rings. The van der Waals surface area contributed by atoms with Gasteiger partial charge in [-0.25, -0.2) is 0 Å². The zero-order chi connectivity index (χ0) is 24.7. The summed E-state index contributed by atoms with van der Waals surface area (Å²) in [6.07, 6.45) is 0. The molecule has 0 bridgehead atoms. The summed E-state index contributed by atoms with van der Waals surface area (Å²) in [7, 11) is 2.91. The molecule has 0 amide bonds. The molecule has 0 saturated carbocycles. The van der Waals surface area contributed by atoms with E-state index in [0.29, 0.717) is 0 Å². The van der Waals surface area contributed by atoms with Crippen LogP contribution in [0.4, 0.5) is 17.1 Å². The third kappa shape index (κ3) is 5.11. The zero-order valence-corrected chi connectivity index (χ0v) is 20.5. The average molecular weight is 469 g/mol. The van der Waals surface area contributed by atoms with Gasteiger partial charge in [-0.1, -0.05) is 97.1 Å². The lowest BCUT2D eigenvalue weighted by molar-refractivity contribution is 0.292. The standard InChI is InChI=1S/C32H28BNO2/c1-35-33(36-2)29-17-23-32(24-18-29)34(30-19-13-27(14-20-30)25-9-5-3-6-10-25)31-21-15-28(16-22-31)26-11-7-4-8-12-26/h3-24H,1-2H3. The largest absolute Gasteiger partial charge is 0.493 e. The first kappa shape index (κ1) is 23.6. The van der Waals surface area contributed by atoms with Crippen LogP contribution in [-0.2, 0) is 9.31 Å². The Hall–Kier alpha value is -4.12. The van der Waals surface area contributed by atoms with Crippen molar-refractivity contribution in [2.45, 2.75) is 0 Å². The quantitative estimate of drug-likeness (QED) is 0.220. The normalized spacial score (nSPS) is 10.7. The molecule has 176 valence electrons. The van der Waals surface area contributed by atoms with Gasteiger partial charge < -0.3 is 14.2 Å². The molecule has 0 aliphatic heterocycles. The lowest BCUT2D eigenvalue weighted by Crippen LogP contribution is -2.34. The van der Waals surface area contributed by atoms with Gasteiger partial charge in [-0.05, 0) is 64.1 Å². The molecule has 4 heteroatoms. The maximum atomic E-state index is 5.43. The molecule has 36 heavy (non-hydrogen) atoms. The van der Waals surface area contributed by atoms with Gasteiger partial charge >= 0.3 is 7.12 Å². The second kappa shape index (κ2) is 11.1. The van der Waals surface area contributed by atoms with E-state index in [1.54, 1.807) is 14.2 Å². The van der Waals surface area contributed by atoms with Crippen LogP contribution < -0.4 is 10.4 Å². The molecule has 5 aromatic rings. The van der Waals surface area contributed by atoms with Crippen LogP contribution in [0.2, 0.25) is 0 Å². The van der Waals surface area contributed by atoms with E-state index in [2.05, 4.69) is 126 Å². The first-order chi connectivity index (χ1) is 17.8. The van der Waals surface area contributed by atoms with Crippen LogP contribution in [0.25, 0.3) is 22.3 Å². The summed E-state index contributed by atoms with van der Waals surface area (Å²) in [4.78, 5) is 2.27. The number of nitrogens with zero attached hydrogens (tertiary/aromatic N) is 1. The van der Waals surface area contributed by atoms with Crippen molar-refractivity contribution in [3.05, 3.63) is 133 Å². The molecule has 0 unspecified atom stereocenters. The van der Waals surface area contributed by atoms with Gasteiger partial charge in [0.2, 0.25) is 0 Å². The van der Waals surface area contributed by atoms with E-state index in [1.165, 1.54) is 22.3 Å². The van der Waals surface area contributed by atoms with Gasteiger partial charge in [0, 0.05) is 31.3 Å². The van der Waals surface area contributed by atoms with Crippen molar-refractivity contribution in [2.75, 3.05) is 19.1 Å². The van der Waals surface area contributed by atoms with E-state index >= 15 is 0 Å². The first-order valence-corrected chi connectivity index (χ1v) is 12.0. The van der Waals surface area contributed by atoms with Crippen LogP contribution >= 0.6 is 0 Å². The summed E-state index contributed by atoms with van der Waals surface area (Å²) >= 11 is 0. The van der Waals surface area contributed by atoms with Crippen molar-refractivity contribution in [1.29, 1.82) is 0 Å². The smallest absolute Gasteiger partial charge is 0.410 e. The van der Waals surface area contributed by atoms with E-state index < -0.39 is 0 Å². The molecule has 0 heterocycles. The zero-order valence-electron chi connectivity index (χ0n) is 20.5. The maximum Gasteiger partial charge on any atom is 0.493 e. The van der Waals surface area contributed by atoms with Gasteiger partial charge in [0.25, 0.3) is 0 Å². The van der Waals surface area contributed by atoms with Crippen molar-refractivity contribution >= 4 is 29.6 Å². The fourth-order valence-electron chi connectivity index (χ4n) is 4.46. The highest BCUT2D eigenvalue weighted by atomic mass is 16.6. The molecule has 5 rings (SSSR count). The summed E-state index contributed by atoms with van der Waals surface area (Å²) in [6.45, 7) is 0. The Morgan fingerprint density at radius 2 is 0.750 bits per heavy atom. The van der Waals surface area contributed by atoms with Gasteiger partial charge in [-0.2, -0.15) is 0 Å². The number of rotatable bonds is 8. The second-order valence-corrected chi connectivity index (χ2v) is 8.56. The predicted molar refractivity (Wildman–Crippen MR) is 151 cm³/mol. The summed E-state index contributed by atoms with van der Waals surface area (Å²) in [5.41, 5.74) is 9.01. The van der Waals surface area contributed by atoms with Gasteiger partial charge in [-0.15, -0.1) is 0 Å². The van der Waals surface area contributed by atoms with E-state index in [0.717, 1.165) is 22.5 Å². The Balaban J connectivity index is 1.53. The van der Waals surface area contributed by atoms with Crippen LogP contribution in [0.3, 0.4) is 0 Å². The van der Waals surface area contributed by atoms with Crippen LogP contribution in [0.15, 0.2) is 133 Å². The van der Waals surface area contributed by atoms with E-state index in [-0.39, 0.29) is 7.12 Å². The predicted octanol–water partition coefficient (Wildman–Crippen LogP) is 7.48. The Morgan fingerprint density at radius 1 is 0.417 bits per heavy atom. The van der Waals surface area contributed by atoms with Gasteiger partial charge in [0.15, 0.2) is 0 Å². The SMILES string of the molecule is COB(OC)c1ccc(N(c2ccc(-c3ccccc3)cc2)c2ccc(-c3ccccc3)cc2)cc1. The molecule has 0 spiro atoms. The molecule has 3 nitrogen and oxygen atoms in total. The van der Waals surface area contributed by atoms with Crippen molar-refractivity contribution in [1.82, 2.24) is 0 Å². The molecule has 0 atom stereocenters. The van der Waals surface area contributed by atoms with Gasteiger partial charge in [0.1, 0.15) is 0 Å². The minimum Gasteiger partial charge on any atom is -0.410 e. The van der Waals surface area contributed by atoms with E-state index in [1.807, 2.05) is 12.1 Å². The van der Waals surface area contributed by atoms with E-state index in [9.17, 15) is 0 Å². The highest BCUT2D eigenvalue weighted by molar-refractivity contribution is 6.61. The maximum absolute atomic E-state index is 5.43. The fourth-order valence-corrected chi connectivity index (χ4v) is 4.46. The summed E-state index contributed by atoms with van der Waals surface area (Å²) in [5.74, 6) is 0. The molecule has 0 radical (unpaired) electrons.